The molecule has 6 nitrogen and oxygen atoms in total. The Morgan fingerprint density at radius 1 is 1.22 bits per heavy atom. The van der Waals surface area contributed by atoms with Crippen molar-refractivity contribution in [2.45, 2.75) is 12.5 Å². The summed E-state index contributed by atoms with van der Waals surface area (Å²) in [4.78, 5) is 26.2. The molecule has 0 aromatic heterocycles. The third-order valence-electron chi connectivity index (χ3n) is 3.45. The minimum absolute atomic E-state index is 0. The van der Waals surface area contributed by atoms with Gasteiger partial charge in [0, 0.05) is 39.3 Å². The quantitative estimate of drug-likeness (QED) is 0.614. The first kappa shape index (κ1) is 15.2. The lowest BCUT2D eigenvalue weighted by Crippen LogP contribution is -2.53. The molecule has 2 unspecified atom stereocenters. The fourth-order valence-electron chi connectivity index (χ4n) is 2.41. The topological polar surface area (TPSA) is 72.9 Å². The van der Waals surface area contributed by atoms with Gasteiger partial charge in [0.2, 0.25) is 12.3 Å². The lowest BCUT2D eigenvalue weighted by molar-refractivity contribution is -0.140. The Balaban J connectivity index is 0.00000162. The monoisotopic (exact) mass is 277 g/mol. The summed E-state index contributed by atoms with van der Waals surface area (Å²) >= 11 is 0. The van der Waals surface area contributed by atoms with Gasteiger partial charge in [-0.25, -0.2) is 0 Å². The largest absolute Gasteiger partial charge is 0.392 e. The number of aliphatic hydroxyl groups is 1. The molecule has 0 aromatic carbocycles. The Kier molecular flexibility index (Phi) is 5.84. The van der Waals surface area contributed by atoms with Crippen LogP contribution in [0, 0.1) is 5.92 Å². The molecule has 0 aromatic rings. The average Bonchev–Trinajstić information content (AvgIpc) is 2.38. The molecule has 2 saturated heterocycles. The highest BCUT2D eigenvalue weighted by Crippen LogP contribution is 2.15. The van der Waals surface area contributed by atoms with Crippen LogP contribution in [0.1, 0.15) is 6.42 Å². The van der Waals surface area contributed by atoms with Crippen LogP contribution in [0.15, 0.2) is 0 Å². The van der Waals surface area contributed by atoms with Crippen LogP contribution in [-0.4, -0.2) is 72.6 Å². The molecule has 7 heteroatoms. The van der Waals surface area contributed by atoms with E-state index < -0.39 is 6.10 Å². The molecule has 2 fully saturated rings. The molecule has 2 amide bonds. The molecule has 2 aliphatic heterocycles. The predicted octanol–water partition coefficient (Wildman–Crippen LogP) is -1.32. The maximum atomic E-state index is 12.2. The van der Waals surface area contributed by atoms with Crippen LogP contribution in [0.3, 0.4) is 0 Å². The second kappa shape index (κ2) is 6.92. The van der Waals surface area contributed by atoms with Gasteiger partial charge in [0.15, 0.2) is 0 Å². The number of carbonyl (C=O) groups is 2. The van der Waals surface area contributed by atoms with Gasteiger partial charge in [-0.05, 0) is 6.42 Å². The fraction of sp³-hybridized carbons (Fsp3) is 0.818. The van der Waals surface area contributed by atoms with Crippen LogP contribution < -0.4 is 5.32 Å². The van der Waals surface area contributed by atoms with E-state index in [-0.39, 0.29) is 24.2 Å². The van der Waals surface area contributed by atoms with E-state index in [2.05, 4.69) is 5.32 Å². The summed E-state index contributed by atoms with van der Waals surface area (Å²) in [7, 11) is 0. The molecule has 0 aliphatic carbocycles. The summed E-state index contributed by atoms with van der Waals surface area (Å²) in [6, 6.07) is 0. The van der Waals surface area contributed by atoms with Crippen molar-refractivity contribution < 1.29 is 14.7 Å². The summed E-state index contributed by atoms with van der Waals surface area (Å²) in [5, 5.41) is 12.6. The molecular formula is C11H20ClN3O3. The number of piperidine rings is 1. The van der Waals surface area contributed by atoms with E-state index in [1.165, 1.54) is 0 Å². The summed E-state index contributed by atoms with van der Waals surface area (Å²) < 4.78 is 0. The third-order valence-corrected chi connectivity index (χ3v) is 3.45. The molecule has 104 valence electrons. The van der Waals surface area contributed by atoms with E-state index in [4.69, 9.17) is 0 Å². The third kappa shape index (κ3) is 3.57. The Bertz CT molecular complexity index is 295. The van der Waals surface area contributed by atoms with Crippen LogP contribution in [0.5, 0.6) is 0 Å². The second-order valence-corrected chi connectivity index (χ2v) is 4.71. The number of aliphatic hydroxyl groups excluding tert-OH is 1. The van der Waals surface area contributed by atoms with Crippen molar-refractivity contribution in [3.8, 4) is 0 Å². The van der Waals surface area contributed by atoms with Crippen LogP contribution >= 0.6 is 12.4 Å². The maximum absolute atomic E-state index is 12.2. The number of carbonyl (C=O) groups excluding carboxylic acids is 2. The first-order valence-corrected chi connectivity index (χ1v) is 6.07. The van der Waals surface area contributed by atoms with E-state index in [1.54, 1.807) is 9.80 Å². The van der Waals surface area contributed by atoms with Crippen molar-refractivity contribution in [1.29, 1.82) is 0 Å². The Morgan fingerprint density at radius 2 is 1.89 bits per heavy atom. The highest BCUT2D eigenvalue weighted by Gasteiger charge is 2.30. The number of nitrogens with one attached hydrogen (secondary N) is 1. The van der Waals surface area contributed by atoms with Gasteiger partial charge in [-0.2, -0.15) is 0 Å². The first-order valence-electron chi connectivity index (χ1n) is 6.07. The van der Waals surface area contributed by atoms with Crippen molar-refractivity contribution >= 4 is 24.7 Å². The molecule has 2 heterocycles. The SMILES string of the molecule is Cl.O=CN1CCN(C(=O)C2CNCC(O)C2)CC1. The molecule has 2 atom stereocenters. The van der Waals surface area contributed by atoms with Gasteiger partial charge in [-0.3, -0.25) is 9.59 Å². The normalized spacial score (nSPS) is 28.5. The number of amides is 2. The number of hydrogen-bond acceptors (Lipinski definition) is 4. The van der Waals surface area contributed by atoms with Gasteiger partial charge in [0.1, 0.15) is 0 Å². The molecule has 0 bridgehead atoms. The molecule has 2 aliphatic rings. The van der Waals surface area contributed by atoms with Gasteiger partial charge in [-0.1, -0.05) is 0 Å². The van der Waals surface area contributed by atoms with Gasteiger partial charge in [-0.15, -0.1) is 12.4 Å². The Hall–Kier alpha value is -0.850. The fourth-order valence-corrected chi connectivity index (χ4v) is 2.41. The zero-order valence-corrected chi connectivity index (χ0v) is 11.1. The molecule has 2 rings (SSSR count). The Morgan fingerprint density at radius 3 is 2.44 bits per heavy atom. The number of β-amino-alcohol motifs (C(OH)–C–C–N with tert-alkyl or cyclic N) is 1. The zero-order valence-electron chi connectivity index (χ0n) is 10.2. The number of hydrogen-bond donors (Lipinski definition) is 2. The molecule has 2 N–H and O–H groups in total. The van der Waals surface area contributed by atoms with E-state index in [0.29, 0.717) is 45.7 Å². The Labute approximate surface area is 113 Å². The van der Waals surface area contributed by atoms with Gasteiger partial charge >= 0.3 is 0 Å². The van der Waals surface area contributed by atoms with Crippen LogP contribution in [0.2, 0.25) is 0 Å². The van der Waals surface area contributed by atoms with E-state index in [1.807, 2.05) is 0 Å². The molecule has 0 radical (unpaired) electrons. The smallest absolute Gasteiger partial charge is 0.227 e. The van der Waals surface area contributed by atoms with Gasteiger partial charge in [0.25, 0.3) is 0 Å². The lowest BCUT2D eigenvalue weighted by Gasteiger charge is -2.36. The number of halogens is 1. The molecule has 0 spiro atoms. The highest BCUT2D eigenvalue weighted by molar-refractivity contribution is 5.85. The molecular weight excluding hydrogens is 258 g/mol. The van der Waals surface area contributed by atoms with E-state index >= 15 is 0 Å². The first-order chi connectivity index (χ1) is 8.20. The minimum atomic E-state index is -0.422. The number of nitrogens with zero attached hydrogens (tertiary/aromatic N) is 2. The summed E-state index contributed by atoms with van der Waals surface area (Å²) in [5.41, 5.74) is 0. The second-order valence-electron chi connectivity index (χ2n) is 4.71. The summed E-state index contributed by atoms with van der Waals surface area (Å²) in [6.07, 6.45) is 0.946. The van der Waals surface area contributed by atoms with E-state index in [0.717, 1.165) is 6.41 Å². The summed E-state index contributed by atoms with van der Waals surface area (Å²) in [6.45, 7) is 3.64. The number of rotatable bonds is 2. The van der Waals surface area contributed by atoms with Gasteiger partial charge in [0.05, 0.1) is 12.0 Å². The molecule has 18 heavy (non-hydrogen) atoms. The predicted molar refractivity (Wildman–Crippen MR) is 68.4 cm³/mol. The standard InChI is InChI=1S/C11H19N3O3.ClH/c15-8-13-1-3-14(4-2-13)11(17)9-5-10(16)7-12-6-9;/h8-10,12,16H,1-7H2;1H. The summed E-state index contributed by atoms with van der Waals surface area (Å²) in [5.74, 6) is -0.0247. The van der Waals surface area contributed by atoms with Gasteiger partial charge < -0.3 is 20.2 Å². The van der Waals surface area contributed by atoms with Crippen molar-refractivity contribution in [2.24, 2.45) is 5.92 Å². The van der Waals surface area contributed by atoms with Crippen LogP contribution in [0.25, 0.3) is 0 Å². The van der Waals surface area contributed by atoms with Crippen molar-refractivity contribution in [3.05, 3.63) is 0 Å². The van der Waals surface area contributed by atoms with E-state index in [9.17, 15) is 14.7 Å². The van der Waals surface area contributed by atoms with Crippen molar-refractivity contribution in [1.82, 2.24) is 15.1 Å². The van der Waals surface area contributed by atoms with Crippen molar-refractivity contribution in [2.75, 3.05) is 39.3 Å². The zero-order chi connectivity index (χ0) is 12.3. The van der Waals surface area contributed by atoms with Crippen LogP contribution in [-0.2, 0) is 9.59 Å². The van der Waals surface area contributed by atoms with Crippen molar-refractivity contribution in [3.63, 3.8) is 0 Å². The van der Waals surface area contributed by atoms with Crippen LogP contribution in [0.4, 0.5) is 0 Å². The highest BCUT2D eigenvalue weighted by atomic mass is 35.5. The lowest BCUT2D eigenvalue weighted by atomic mass is 9.96. The molecule has 0 saturated carbocycles. The maximum Gasteiger partial charge on any atom is 0.227 e. The number of piperazine rings is 1. The minimum Gasteiger partial charge on any atom is -0.392 e. The average molecular weight is 278 g/mol.